The monoisotopic (exact) mass is 197 g/mol. The van der Waals surface area contributed by atoms with Gasteiger partial charge in [0, 0.05) is 12.5 Å². The van der Waals surface area contributed by atoms with Crippen molar-refractivity contribution in [3.05, 3.63) is 11.7 Å². The van der Waals surface area contributed by atoms with Gasteiger partial charge in [0.1, 0.15) is 6.10 Å². The third-order valence-corrected chi connectivity index (χ3v) is 2.69. The zero-order chi connectivity index (χ0) is 9.97. The molecule has 2 rings (SSSR count). The molecule has 14 heavy (non-hydrogen) atoms. The summed E-state index contributed by atoms with van der Waals surface area (Å²) in [4.78, 5) is 4.16. The van der Waals surface area contributed by atoms with Crippen molar-refractivity contribution in [2.75, 3.05) is 6.54 Å². The van der Waals surface area contributed by atoms with Crippen LogP contribution in [0.4, 0.5) is 0 Å². The van der Waals surface area contributed by atoms with E-state index in [0.29, 0.717) is 5.92 Å². The number of hydrogen-bond donors (Lipinski definition) is 2. The van der Waals surface area contributed by atoms with Gasteiger partial charge in [-0.3, -0.25) is 0 Å². The normalized spacial score (nSPS) is 20.1. The number of aromatic nitrogens is 2. The van der Waals surface area contributed by atoms with Gasteiger partial charge in [0.15, 0.2) is 5.82 Å². The predicted molar refractivity (Wildman–Crippen MR) is 49.5 cm³/mol. The van der Waals surface area contributed by atoms with Crippen LogP contribution in [0.2, 0.25) is 0 Å². The van der Waals surface area contributed by atoms with E-state index in [1.807, 2.05) is 0 Å². The van der Waals surface area contributed by atoms with E-state index < -0.39 is 6.10 Å². The van der Waals surface area contributed by atoms with Gasteiger partial charge < -0.3 is 15.4 Å². The van der Waals surface area contributed by atoms with E-state index in [2.05, 4.69) is 10.1 Å². The van der Waals surface area contributed by atoms with Gasteiger partial charge in [0.2, 0.25) is 0 Å². The van der Waals surface area contributed by atoms with E-state index in [-0.39, 0.29) is 12.4 Å². The minimum Gasteiger partial charge on any atom is -0.382 e. The van der Waals surface area contributed by atoms with Crippen LogP contribution in [0.5, 0.6) is 0 Å². The first-order chi connectivity index (χ1) is 6.81. The number of nitrogens with zero attached hydrogens (tertiary/aromatic N) is 2. The second kappa shape index (κ2) is 4.06. The highest BCUT2D eigenvalue weighted by molar-refractivity contribution is 4.99. The maximum atomic E-state index is 9.36. The smallest absolute Gasteiger partial charge is 0.256 e. The minimum atomic E-state index is -0.822. The Labute approximate surface area is 82.3 Å². The first-order valence-electron chi connectivity index (χ1n) is 5.03. The maximum absolute atomic E-state index is 9.36. The molecule has 1 saturated carbocycles. The van der Waals surface area contributed by atoms with E-state index in [4.69, 9.17) is 10.3 Å². The molecule has 5 nitrogen and oxygen atoms in total. The lowest BCUT2D eigenvalue weighted by molar-refractivity contribution is 0.141. The van der Waals surface area contributed by atoms with E-state index >= 15 is 0 Å². The van der Waals surface area contributed by atoms with Crippen molar-refractivity contribution >= 4 is 0 Å². The fraction of sp³-hybridized carbons (Fsp3) is 0.778. The molecule has 1 aromatic rings. The van der Waals surface area contributed by atoms with Gasteiger partial charge in [-0.2, -0.15) is 4.98 Å². The van der Waals surface area contributed by atoms with E-state index in [1.54, 1.807) is 0 Å². The SMILES string of the molecule is NCC(O)c1nc(C2CCCC2)no1. The predicted octanol–water partition coefficient (Wildman–Crippen LogP) is 0.719. The minimum absolute atomic E-state index is 0.117. The molecule has 0 aliphatic heterocycles. The van der Waals surface area contributed by atoms with Crippen molar-refractivity contribution < 1.29 is 9.63 Å². The fourth-order valence-corrected chi connectivity index (χ4v) is 1.83. The highest BCUT2D eigenvalue weighted by Gasteiger charge is 2.23. The van der Waals surface area contributed by atoms with Crippen LogP contribution in [-0.4, -0.2) is 21.8 Å². The van der Waals surface area contributed by atoms with Gasteiger partial charge in [-0.05, 0) is 12.8 Å². The quantitative estimate of drug-likeness (QED) is 0.745. The maximum Gasteiger partial charge on any atom is 0.256 e. The van der Waals surface area contributed by atoms with Crippen LogP contribution in [0.1, 0.15) is 49.4 Å². The second-order valence-corrected chi connectivity index (χ2v) is 3.72. The van der Waals surface area contributed by atoms with E-state index in [0.717, 1.165) is 18.7 Å². The van der Waals surface area contributed by atoms with Crippen molar-refractivity contribution in [3.63, 3.8) is 0 Å². The summed E-state index contributed by atoms with van der Waals surface area (Å²) < 4.78 is 4.94. The highest BCUT2D eigenvalue weighted by atomic mass is 16.5. The molecule has 1 aliphatic rings. The van der Waals surface area contributed by atoms with Crippen LogP contribution in [0.25, 0.3) is 0 Å². The Hall–Kier alpha value is -0.940. The summed E-state index contributed by atoms with van der Waals surface area (Å²) in [5, 5.41) is 13.2. The second-order valence-electron chi connectivity index (χ2n) is 3.72. The number of nitrogens with two attached hydrogens (primary N) is 1. The standard InChI is InChI=1S/C9H15N3O2/c10-5-7(13)9-11-8(12-14-9)6-3-1-2-4-6/h6-7,13H,1-5,10H2. The molecule has 1 heterocycles. The Morgan fingerprint density at radius 3 is 2.86 bits per heavy atom. The van der Waals surface area contributed by atoms with E-state index in [9.17, 15) is 5.11 Å². The van der Waals surface area contributed by atoms with Crippen LogP contribution < -0.4 is 5.73 Å². The van der Waals surface area contributed by atoms with Crippen LogP contribution in [-0.2, 0) is 0 Å². The summed E-state index contributed by atoms with van der Waals surface area (Å²) in [5.41, 5.74) is 5.29. The van der Waals surface area contributed by atoms with Crippen LogP contribution >= 0.6 is 0 Å². The molecule has 0 radical (unpaired) electrons. The topological polar surface area (TPSA) is 85.2 Å². The molecule has 5 heteroatoms. The van der Waals surface area contributed by atoms with Crippen molar-refractivity contribution in [1.82, 2.24) is 10.1 Å². The van der Waals surface area contributed by atoms with Gasteiger partial charge in [-0.1, -0.05) is 18.0 Å². The van der Waals surface area contributed by atoms with Gasteiger partial charge in [0.05, 0.1) is 0 Å². The van der Waals surface area contributed by atoms with Crippen molar-refractivity contribution in [2.24, 2.45) is 5.73 Å². The summed E-state index contributed by atoms with van der Waals surface area (Å²) in [6.07, 6.45) is 3.88. The van der Waals surface area contributed by atoms with Crippen LogP contribution in [0.3, 0.4) is 0 Å². The van der Waals surface area contributed by atoms with Crippen LogP contribution in [0, 0.1) is 0 Å². The van der Waals surface area contributed by atoms with Crippen molar-refractivity contribution in [1.29, 1.82) is 0 Å². The average Bonchev–Trinajstić information content (AvgIpc) is 2.86. The lowest BCUT2D eigenvalue weighted by atomic mass is 10.1. The molecule has 1 aromatic heterocycles. The Bertz CT molecular complexity index is 294. The van der Waals surface area contributed by atoms with Gasteiger partial charge in [-0.25, -0.2) is 0 Å². The molecule has 0 bridgehead atoms. The molecule has 1 unspecified atom stereocenters. The summed E-state index contributed by atoms with van der Waals surface area (Å²) in [7, 11) is 0. The van der Waals surface area contributed by atoms with E-state index in [1.165, 1.54) is 12.8 Å². The third kappa shape index (κ3) is 1.78. The number of aliphatic hydroxyl groups is 1. The lowest BCUT2D eigenvalue weighted by Gasteiger charge is -2.00. The average molecular weight is 197 g/mol. The summed E-state index contributed by atoms with van der Waals surface area (Å²) in [6, 6.07) is 0. The molecule has 3 N–H and O–H groups in total. The first-order valence-corrected chi connectivity index (χ1v) is 5.03. The summed E-state index contributed by atoms with van der Waals surface area (Å²) >= 11 is 0. The lowest BCUT2D eigenvalue weighted by Crippen LogP contribution is -2.11. The van der Waals surface area contributed by atoms with Gasteiger partial charge in [0.25, 0.3) is 5.89 Å². The Balaban J connectivity index is 2.08. The van der Waals surface area contributed by atoms with Crippen molar-refractivity contribution in [3.8, 4) is 0 Å². The number of hydrogen-bond acceptors (Lipinski definition) is 5. The summed E-state index contributed by atoms with van der Waals surface area (Å²) in [5.74, 6) is 1.39. The Kier molecular flexibility index (Phi) is 2.79. The Morgan fingerprint density at radius 1 is 1.50 bits per heavy atom. The van der Waals surface area contributed by atoms with Crippen molar-refractivity contribution in [2.45, 2.75) is 37.7 Å². The number of rotatable bonds is 3. The van der Waals surface area contributed by atoms with Gasteiger partial charge in [-0.15, -0.1) is 0 Å². The summed E-state index contributed by atoms with van der Waals surface area (Å²) in [6.45, 7) is 0.117. The molecule has 1 fully saturated rings. The number of aliphatic hydroxyl groups excluding tert-OH is 1. The molecular formula is C9H15N3O2. The third-order valence-electron chi connectivity index (χ3n) is 2.69. The zero-order valence-corrected chi connectivity index (χ0v) is 8.02. The highest BCUT2D eigenvalue weighted by Crippen LogP contribution is 2.32. The molecular weight excluding hydrogens is 182 g/mol. The molecule has 78 valence electrons. The fourth-order valence-electron chi connectivity index (χ4n) is 1.83. The Morgan fingerprint density at radius 2 is 2.21 bits per heavy atom. The molecule has 0 aromatic carbocycles. The first kappa shape index (κ1) is 9.61. The molecule has 1 atom stereocenters. The zero-order valence-electron chi connectivity index (χ0n) is 8.02. The van der Waals surface area contributed by atoms with Crippen LogP contribution in [0.15, 0.2) is 4.52 Å². The molecule has 0 amide bonds. The molecule has 0 spiro atoms. The molecule has 1 aliphatic carbocycles. The largest absolute Gasteiger partial charge is 0.382 e. The van der Waals surface area contributed by atoms with Gasteiger partial charge >= 0.3 is 0 Å². The molecule has 0 saturated heterocycles.